The number of amidine groups is 1. The monoisotopic (exact) mass is 266 g/mol. The number of carbonyl (C=O) groups is 1. The van der Waals surface area contributed by atoms with Crippen LogP contribution in [-0.2, 0) is 0 Å². The highest BCUT2D eigenvalue weighted by molar-refractivity contribution is 6.08. The molecule has 3 N–H and O–H groups in total. The van der Waals surface area contributed by atoms with Crippen LogP contribution in [0.1, 0.15) is 15.9 Å². The summed E-state index contributed by atoms with van der Waals surface area (Å²) in [6, 6.07) is 17.5. The molecule has 0 spiro atoms. The number of hydrogen-bond donors (Lipinski definition) is 2. The van der Waals surface area contributed by atoms with E-state index in [0.717, 1.165) is 0 Å². The van der Waals surface area contributed by atoms with Gasteiger partial charge >= 0.3 is 0 Å². The third-order valence-electron chi connectivity index (χ3n) is 2.61. The first-order valence-corrected chi connectivity index (χ1v) is 6.06. The Morgan fingerprint density at radius 1 is 0.950 bits per heavy atom. The summed E-state index contributed by atoms with van der Waals surface area (Å²) in [4.78, 5) is 15.5. The van der Waals surface area contributed by atoms with E-state index in [2.05, 4.69) is 4.99 Å². The van der Waals surface area contributed by atoms with Gasteiger partial charge < -0.3 is 10.8 Å². The fourth-order valence-corrected chi connectivity index (χ4v) is 1.63. The van der Waals surface area contributed by atoms with Gasteiger partial charge in [-0.2, -0.15) is 4.99 Å². The summed E-state index contributed by atoms with van der Waals surface area (Å²) in [6.45, 7) is 0. The summed E-state index contributed by atoms with van der Waals surface area (Å²) < 4.78 is 0. The molecule has 0 saturated carbocycles. The van der Waals surface area contributed by atoms with Crippen LogP contribution in [0.15, 0.2) is 71.7 Å². The molecule has 4 nitrogen and oxygen atoms in total. The quantitative estimate of drug-likeness (QED) is 0.509. The normalized spacial score (nSPS) is 12.2. The Balaban J connectivity index is 2.17. The maximum Gasteiger partial charge on any atom is 0.278 e. The van der Waals surface area contributed by atoms with Gasteiger partial charge in [-0.1, -0.05) is 48.5 Å². The number of aliphatic imine (C=N–C) groups is 1. The van der Waals surface area contributed by atoms with Gasteiger partial charge in [0.2, 0.25) is 0 Å². The van der Waals surface area contributed by atoms with Crippen molar-refractivity contribution in [1.29, 1.82) is 0 Å². The average molecular weight is 266 g/mol. The number of amides is 1. The highest BCUT2D eigenvalue weighted by atomic mass is 16.3. The molecule has 4 heteroatoms. The number of nitrogens with zero attached hydrogens (tertiary/aromatic N) is 1. The minimum Gasteiger partial charge on any atom is -0.507 e. The maximum absolute atomic E-state index is 11.8. The van der Waals surface area contributed by atoms with Crippen molar-refractivity contribution in [3.8, 4) is 0 Å². The summed E-state index contributed by atoms with van der Waals surface area (Å²) in [5.41, 5.74) is 6.70. The SMILES string of the molecule is NC(/C=C(\O)c1ccccc1)=NC(=O)c1ccccc1. The van der Waals surface area contributed by atoms with Gasteiger partial charge in [-0.25, -0.2) is 0 Å². The zero-order valence-electron chi connectivity index (χ0n) is 10.7. The molecule has 1 amide bonds. The molecule has 0 aliphatic carbocycles. The molecule has 2 aromatic carbocycles. The third kappa shape index (κ3) is 3.55. The van der Waals surface area contributed by atoms with Crippen molar-refractivity contribution in [1.82, 2.24) is 0 Å². The second-order valence-electron chi connectivity index (χ2n) is 4.10. The van der Waals surface area contributed by atoms with Gasteiger partial charge in [0.15, 0.2) is 0 Å². The van der Waals surface area contributed by atoms with E-state index in [0.29, 0.717) is 11.1 Å². The lowest BCUT2D eigenvalue weighted by Crippen LogP contribution is -2.12. The summed E-state index contributed by atoms with van der Waals surface area (Å²) in [7, 11) is 0. The van der Waals surface area contributed by atoms with Crippen molar-refractivity contribution in [2.75, 3.05) is 0 Å². The van der Waals surface area contributed by atoms with Crippen LogP contribution >= 0.6 is 0 Å². The van der Waals surface area contributed by atoms with Gasteiger partial charge in [-0.15, -0.1) is 0 Å². The topological polar surface area (TPSA) is 75.7 Å². The van der Waals surface area contributed by atoms with Crippen molar-refractivity contribution in [3.63, 3.8) is 0 Å². The predicted octanol–water partition coefficient (Wildman–Crippen LogP) is 2.78. The van der Waals surface area contributed by atoms with Gasteiger partial charge in [0.25, 0.3) is 5.91 Å². The summed E-state index contributed by atoms with van der Waals surface area (Å²) in [5, 5.41) is 9.86. The number of hydrogen-bond acceptors (Lipinski definition) is 2. The molecule has 2 aromatic rings. The lowest BCUT2D eigenvalue weighted by Gasteiger charge is -2.00. The smallest absolute Gasteiger partial charge is 0.278 e. The fraction of sp³-hybridized carbons (Fsp3) is 0. The first-order chi connectivity index (χ1) is 9.66. The second kappa shape index (κ2) is 6.33. The first kappa shape index (κ1) is 13.5. The lowest BCUT2D eigenvalue weighted by molar-refractivity contribution is 0.100. The largest absolute Gasteiger partial charge is 0.507 e. The van der Waals surface area contributed by atoms with Crippen LogP contribution in [0.2, 0.25) is 0 Å². The highest BCUT2D eigenvalue weighted by Crippen LogP contribution is 2.10. The molecular formula is C16H14N2O2. The molecule has 0 saturated heterocycles. The molecule has 0 fully saturated rings. The highest BCUT2D eigenvalue weighted by Gasteiger charge is 2.04. The Labute approximate surface area is 116 Å². The molecule has 0 radical (unpaired) electrons. The van der Waals surface area contributed by atoms with Crippen LogP contribution in [0.3, 0.4) is 0 Å². The van der Waals surface area contributed by atoms with Crippen LogP contribution in [-0.4, -0.2) is 16.8 Å². The summed E-state index contributed by atoms with van der Waals surface area (Å²) >= 11 is 0. The summed E-state index contributed by atoms with van der Waals surface area (Å²) in [6.07, 6.45) is 1.26. The van der Waals surface area contributed by atoms with E-state index in [1.54, 1.807) is 48.5 Å². The van der Waals surface area contributed by atoms with Gasteiger partial charge in [0.1, 0.15) is 11.6 Å². The van der Waals surface area contributed by atoms with Crippen molar-refractivity contribution >= 4 is 17.5 Å². The van der Waals surface area contributed by atoms with E-state index in [-0.39, 0.29) is 11.6 Å². The Hall–Kier alpha value is -2.88. The lowest BCUT2D eigenvalue weighted by atomic mass is 10.2. The van der Waals surface area contributed by atoms with Crippen LogP contribution < -0.4 is 5.73 Å². The molecule has 0 aliphatic heterocycles. The Morgan fingerprint density at radius 3 is 2.00 bits per heavy atom. The van der Waals surface area contributed by atoms with E-state index in [1.165, 1.54) is 6.08 Å². The van der Waals surface area contributed by atoms with E-state index < -0.39 is 5.91 Å². The zero-order chi connectivity index (χ0) is 14.4. The number of aliphatic hydroxyl groups excluding tert-OH is 1. The van der Waals surface area contributed by atoms with E-state index in [4.69, 9.17) is 5.73 Å². The molecule has 0 aliphatic rings. The van der Waals surface area contributed by atoms with Crippen LogP contribution in [0.5, 0.6) is 0 Å². The molecule has 0 bridgehead atoms. The van der Waals surface area contributed by atoms with Crippen LogP contribution in [0.4, 0.5) is 0 Å². The van der Waals surface area contributed by atoms with Crippen molar-refractivity contribution in [2.45, 2.75) is 0 Å². The van der Waals surface area contributed by atoms with E-state index in [9.17, 15) is 9.90 Å². The minimum absolute atomic E-state index is 0.0345. The van der Waals surface area contributed by atoms with Gasteiger partial charge in [0.05, 0.1) is 0 Å². The number of nitrogens with two attached hydrogens (primary N) is 1. The minimum atomic E-state index is -0.444. The predicted molar refractivity (Wildman–Crippen MR) is 79.4 cm³/mol. The van der Waals surface area contributed by atoms with Crippen molar-refractivity contribution in [2.24, 2.45) is 10.7 Å². The number of aliphatic hydroxyl groups is 1. The first-order valence-electron chi connectivity index (χ1n) is 6.06. The van der Waals surface area contributed by atoms with Gasteiger partial charge in [0, 0.05) is 17.2 Å². The second-order valence-corrected chi connectivity index (χ2v) is 4.10. The van der Waals surface area contributed by atoms with E-state index in [1.807, 2.05) is 12.1 Å². The van der Waals surface area contributed by atoms with Crippen molar-refractivity contribution < 1.29 is 9.90 Å². The van der Waals surface area contributed by atoms with Crippen LogP contribution in [0.25, 0.3) is 5.76 Å². The molecule has 0 heterocycles. The standard InChI is InChI=1S/C16H14N2O2/c17-15(11-14(19)12-7-3-1-4-8-12)18-16(20)13-9-5-2-6-10-13/h1-11,19H,(H2,17,18,20)/b14-11-. The molecule has 0 aromatic heterocycles. The molecule has 20 heavy (non-hydrogen) atoms. The Morgan fingerprint density at radius 2 is 1.45 bits per heavy atom. The molecule has 100 valence electrons. The van der Waals surface area contributed by atoms with E-state index >= 15 is 0 Å². The maximum atomic E-state index is 11.8. The Kier molecular flexibility index (Phi) is 4.29. The Bertz CT molecular complexity index is 647. The van der Waals surface area contributed by atoms with Crippen LogP contribution in [0, 0.1) is 0 Å². The fourth-order valence-electron chi connectivity index (χ4n) is 1.63. The van der Waals surface area contributed by atoms with Gasteiger partial charge in [-0.3, -0.25) is 4.79 Å². The zero-order valence-corrected chi connectivity index (χ0v) is 10.7. The number of carbonyl (C=O) groups excluding carboxylic acids is 1. The van der Waals surface area contributed by atoms with Crippen molar-refractivity contribution in [3.05, 3.63) is 77.9 Å². The molecule has 0 unspecified atom stereocenters. The number of rotatable bonds is 3. The molecular weight excluding hydrogens is 252 g/mol. The third-order valence-corrected chi connectivity index (χ3v) is 2.61. The molecule has 2 rings (SSSR count). The molecule has 0 atom stereocenters. The van der Waals surface area contributed by atoms with Gasteiger partial charge in [-0.05, 0) is 12.1 Å². The average Bonchev–Trinajstić information content (AvgIpc) is 2.49. The number of benzene rings is 2. The summed E-state index contributed by atoms with van der Waals surface area (Å²) in [5.74, 6) is -0.520.